The first-order valence-corrected chi connectivity index (χ1v) is 4.03. The van der Waals surface area contributed by atoms with Gasteiger partial charge >= 0.3 is 0 Å². The molecule has 0 unspecified atom stereocenters. The Balaban J connectivity index is 2.90. The van der Waals surface area contributed by atoms with Crippen LogP contribution in [0, 0.1) is 5.95 Å². The second-order valence-corrected chi connectivity index (χ2v) is 3.22. The van der Waals surface area contributed by atoms with Gasteiger partial charge in [-0.05, 0) is 19.4 Å². The topological polar surface area (TPSA) is 38.9 Å². The van der Waals surface area contributed by atoms with E-state index in [1.807, 2.05) is 0 Å². The van der Waals surface area contributed by atoms with Crippen LogP contribution in [-0.2, 0) is 6.42 Å². The predicted molar refractivity (Wildman–Crippen MR) is 46.6 cm³/mol. The van der Waals surface area contributed by atoms with Gasteiger partial charge in [0.15, 0.2) is 0 Å². The Morgan fingerprint density at radius 2 is 2.42 bits per heavy atom. The van der Waals surface area contributed by atoms with Gasteiger partial charge < -0.3 is 5.73 Å². The summed E-state index contributed by atoms with van der Waals surface area (Å²) in [5.41, 5.74) is 5.98. The van der Waals surface area contributed by atoms with Crippen molar-refractivity contribution in [2.24, 2.45) is 5.73 Å². The van der Waals surface area contributed by atoms with Gasteiger partial charge in [-0.1, -0.05) is 11.6 Å². The van der Waals surface area contributed by atoms with Crippen LogP contribution in [0.5, 0.6) is 0 Å². The summed E-state index contributed by atoms with van der Waals surface area (Å²) in [4.78, 5) is 3.48. The van der Waals surface area contributed by atoms with Gasteiger partial charge in [0.05, 0.1) is 5.02 Å². The number of hydrogen-bond acceptors (Lipinski definition) is 2. The fourth-order valence-electron chi connectivity index (χ4n) is 0.955. The van der Waals surface area contributed by atoms with E-state index < -0.39 is 5.95 Å². The van der Waals surface area contributed by atoms with Crippen molar-refractivity contribution in [1.82, 2.24) is 4.98 Å². The van der Waals surface area contributed by atoms with Crippen molar-refractivity contribution in [3.8, 4) is 0 Å². The molecule has 0 spiro atoms. The van der Waals surface area contributed by atoms with Crippen LogP contribution in [0.2, 0.25) is 5.02 Å². The van der Waals surface area contributed by atoms with Crippen LogP contribution in [0.25, 0.3) is 0 Å². The Morgan fingerprint density at radius 1 is 1.75 bits per heavy atom. The van der Waals surface area contributed by atoms with E-state index >= 15 is 0 Å². The summed E-state index contributed by atoms with van der Waals surface area (Å²) in [5.74, 6) is -0.489. The number of halogens is 2. The van der Waals surface area contributed by atoms with Crippen molar-refractivity contribution >= 4 is 11.6 Å². The fourth-order valence-corrected chi connectivity index (χ4v) is 1.14. The van der Waals surface area contributed by atoms with Gasteiger partial charge in [-0.3, -0.25) is 0 Å². The molecule has 1 atom stereocenters. The average molecular weight is 189 g/mol. The van der Waals surface area contributed by atoms with Crippen LogP contribution in [-0.4, -0.2) is 11.0 Å². The Bertz CT molecular complexity index is 276. The van der Waals surface area contributed by atoms with Gasteiger partial charge in [0.1, 0.15) is 0 Å². The highest BCUT2D eigenvalue weighted by molar-refractivity contribution is 6.30. The molecule has 1 heterocycles. The van der Waals surface area contributed by atoms with Crippen molar-refractivity contribution in [1.29, 1.82) is 0 Å². The lowest BCUT2D eigenvalue weighted by molar-refractivity contribution is 0.556. The highest BCUT2D eigenvalue weighted by Crippen LogP contribution is 2.13. The molecule has 1 rings (SSSR count). The highest BCUT2D eigenvalue weighted by atomic mass is 35.5. The van der Waals surface area contributed by atoms with Gasteiger partial charge in [0.2, 0.25) is 5.95 Å². The third-order valence-corrected chi connectivity index (χ3v) is 1.63. The maximum Gasteiger partial charge on any atom is 0.216 e. The molecule has 66 valence electrons. The molecule has 0 amide bonds. The number of rotatable bonds is 2. The third kappa shape index (κ3) is 2.43. The molecule has 0 saturated heterocycles. The molecule has 2 N–H and O–H groups in total. The van der Waals surface area contributed by atoms with E-state index in [-0.39, 0.29) is 6.04 Å². The van der Waals surface area contributed by atoms with Gasteiger partial charge in [-0.25, -0.2) is 4.98 Å². The Hall–Kier alpha value is -0.670. The monoisotopic (exact) mass is 188 g/mol. The predicted octanol–water partition coefficient (Wildman–Crippen LogP) is 1.76. The largest absolute Gasteiger partial charge is 0.328 e. The lowest BCUT2D eigenvalue weighted by atomic mass is 10.1. The first-order chi connectivity index (χ1) is 5.59. The van der Waals surface area contributed by atoms with E-state index in [9.17, 15) is 4.39 Å². The van der Waals surface area contributed by atoms with Crippen molar-refractivity contribution < 1.29 is 4.39 Å². The molecule has 0 aliphatic carbocycles. The summed E-state index contributed by atoms with van der Waals surface area (Å²) in [7, 11) is 0. The number of nitrogens with zero attached hydrogens (tertiary/aromatic N) is 1. The molecule has 1 aromatic rings. The maximum absolute atomic E-state index is 12.9. The standard InChI is InChI=1S/C8H10ClFN2/c1-5(11)2-6-3-7(9)4-12-8(6)10/h3-5H,2,11H2,1H3/t5-/m1/s1. The second-order valence-electron chi connectivity index (χ2n) is 2.78. The number of aromatic nitrogens is 1. The first-order valence-electron chi connectivity index (χ1n) is 3.65. The van der Waals surface area contributed by atoms with E-state index in [0.717, 1.165) is 0 Å². The van der Waals surface area contributed by atoms with Crippen molar-refractivity contribution in [3.63, 3.8) is 0 Å². The minimum atomic E-state index is -0.489. The molecule has 0 aliphatic rings. The maximum atomic E-state index is 12.9. The summed E-state index contributed by atoms with van der Waals surface area (Å²) in [6, 6.07) is 1.47. The molecular weight excluding hydrogens is 179 g/mol. The third-order valence-electron chi connectivity index (χ3n) is 1.42. The van der Waals surface area contributed by atoms with Gasteiger partial charge in [-0.15, -0.1) is 0 Å². The molecule has 0 aromatic carbocycles. The quantitative estimate of drug-likeness (QED) is 0.719. The highest BCUT2D eigenvalue weighted by Gasteiger charge is 2.06. The zero-order valence-electron chi connectivity index (χ0n) is 6.72. The summed E-state index contributed by atoms with van der Waals surface area (Å²) in [5, 5.41) is 0.437. The van der Waals surface area contributed by atoms with Crippen LogP contribution >= 0.6 is 11.6 Å². The zero-order chi connectivity index (χ0) is 9.14. The van der Waals surface area contributed by atoms with E-state index in [1.165, 1.54) is 6.20 Å². The molecular formula is C8H10ClFN2. The molecule has 1 aromatic heterocycles. The van der Waals surface area contributed by atoms with E-state index in [1.54, 1.807) is 13.0 Å². The summed E-state index contributed by atoms with van der Waals surface area (Å²) in [6.07, 6.45) is 1.74. The van der Waals surface area contributed by atoms with E-state index in [4.69, 9.17) is 17.3 Å². The average Bonchev–Trinajstić information content (AvgIpc) is 1.96. The molecule has 0 saturated carbocycles. The SMILES string of the molecule is C[C@@H](N)Cc1cc(Cl)cnc1F. The summed E-state index contributed by atoms with van der Waals surface area (Å²) < 4.78 is 12.9. The normalized spacial score (nSPS) is 13.0. The molecule has 12 heavy (non-hydrogen) atoms. The molecule has 4 heteroatoms. The number of pyridine rings is 1. The Morgan fingerprint density at radius 3 is 3.00 bits per heavy atom. The number of nitrogens with two attached hydrogens (primary N) is 1. The molecule has 2 nitrogen and oxygen atoms in total. The van der Waals surface area contributed by atoms with E-state index in [0.29, 0.717) is 17.0 Å². The van der Waals surface area contributed by atoms with Crippen LogP contribution < -0.4 is 5.73 Å². The second kappa shape index (κ2) is 3.83. The van der Waals surface area contributed by atoms with Gasteiger partial charge in [-0.2, -0.15) is 4.39 Å². The van der Waals surface area contributed by atoms with Crippen LogP contribution in [0.1, 0.15) is 12.5 Å². The molecule has 0 bridgehead atoms. The first kappa shape index (κ1) is 9.42. The van der Waals surface area contributed by atoms with Crippen molar-refractivity contribution in [3.05, 3.63) is 28.8 Å². The van der Waals surface area contributed by atoms with Gasteiger partial charge in [0.25, 0.3) is 0 Å². The minimum absolute atomic E-state index is 0.0835. The summed E-state index contributed by atoms with van der Waals surface area (Å²) in [6.45, 7) is 1.81. The smallest absolute Gasteiger partial charge is 0.216 e. The molecule has 0 fully saturated rings. The van der Waals surface area contributed by atoms with Gasteiger partial charge in [0, 0.05) is 17.8 Å². The summed E-state index contributed by atoms with van der Waals surface area (Å²) >= 11 is 5.63. The van der Waals surface area contributed by atoms with Crippen LogP contribution in [0.15, 0.2) is 12.3 Å². The Labute approximate surface area is 75.6 Å². The number of hydrogen-bond donors (Lipinski definition) is 1. The lowest BCUT2D eigenvalue weighted by Gasteiger charge is -2.05. The van der Waals surface area contributed by atoms with Crippen molar-refractivity contribution in [2.75, 3.05) is 0 Å². The van der Waals surface area contributed by atoms with Crippen LogP contribution in [0.3, 0.4) is 0 Å². The minimum Gasteiger partial charge on any atom is -0.328 e. The fraction of sp³-hybridized carbons (Fsp3) is 0.375. The Kier molecular flexibility index (Phi) is 3.00. The van der Waals surface area contributed by atoms with Crippen LogP contribution in [0.4, 0.5) is 4.39 Å². The molecule has 0 radical (unpaired) electrons. The van der Waals surface area contributed by atoms with Crippen molar-refractivity contribution in [2.45, 2.75) is 19.4 Å². The lowest BCUT2D eigenvalue weighted by Crippen LogP contribution is -2.18. The molecule has 0 aliphatic heterocycles. The van der Waals surface area contributed by atoms with E-state index in [2.05, 4.69) is 4.98 Å². The zero-order valence-corrected chi connectivity index (χ0v) is 7.48.